The van der Waals surface area contributed by atoms with E-state index in [9.17, 15) is 9.59 Å². The minimum Gasteiger partial charge on any atom is -0.481 e. The largest absolute Gasteiger partial charge is 0.481 e. The van der Waals surface area contributed by atoms with Gasteiger partial charge >= 0.3 is 5.97 Å². The lowest BCUT2D eigenvalue weighted by Crippen LogP contribution is -2.19. The number of carboxylic acid groups (broad SMARTS) is 1. The Hall–Kier alpha value is -2.15. The van der Waals surface area contributed by atoms with Crippen LogP contribution in [0.25, 0.3) is 0 Å². The number of nitrogens with zero attached hydrogens (tertiary/aromatic N) is 2. The summed E-state index contributed by atoms with van der Waals surface area (Å²) in [6, 6.07) is 5.68. The van der Waals surface area contributed by atoms with Crippen molar-refractivity contribution in [2.75, 3.05) is 5.32 Å². The van der Waals surface area contributed by atoms with Crippen molar-refractivity contribution in [3.8, 4) is 0 Å². The molecule has 6 nitrogen and oxygen atoms in total. The molecule has 2 rings (SSSR count). The summed E-state index contributed by atoms with van der Waals surface area (Å²) >= 11 is 1.47. The number of thiophene rings is 1. The Bertz CT molecular complexity index is 677. The van der Waals surface area contributed by atoms with Gasteiger partial charge in [0.15, 0.2) is 0 Å². The molecule has 0 fully saturated rings. The minimum atomic E-state index is -0.903. The predicted octanol–water partition coefficient (Wildman–Crippen LogP) is 3.42. The molecule has 0 bridgehead atoms. The fourth-order valence-corrected chi connectivity index (χ4v) is 3.26. The van der Waals surface area contributed by atoms with Gasteiger partial charge in [-0.2, -0.15) is 5.10 Å². The number of carboxylic acids is 1. The van der Waals surface area contributed by atoms with E-state index in [1.54, 1.807) is 4.68 Å². The van der Waals surface area contributed by atoms with E-state index in [1.165, 1.54) is 11.3 Å². The Kier molecular flexibility index (Phi) is 5.54. The van der Waals surface area contributed by atoms with Gasteiger partial charge in [0.05, 0.1) is 12.1 Å². The lowest BCUT2D eigenvalue weighted by Gasteiger charge is -2.15. The average molecular weight is 335 g/mol. The molecular weight excluding hydrogens is 314 g/mol. The summed E-state index contributed by atoms with van der Waals surface area (Å²) in [6.07, 6.45) is 0.0749. The van der Waals surface area contributed by atoms with E-state index in [0.717, 1.165) is 10.6 Å². The second-order valence-corrected chi connectivity index (χ2v) is 6.75. The number of aliphatic carboxylic acids is 1. The molecule has 23 heavy (non-hydrogen) atoms. The van der Waals surface area contributed by atoms with Crippen LogP contribution in [0, 0.1) is 6.92 Å². The average Bonchev–Trinajstić information content (AvgIpc) is 3.07. The molecule has 2 N–H and O–H groups in total. The molecule has 0 aromatic carbocycles. The Balaban J connectivity index is 2.09. The van der Waals surface area contributed by atoms with Gasteiger partial charge in [-0.25, -0.2) is 4.68 Å². The number of rotatable bonds is 7. The van der Waals surface area contributed by atoms with E-state index < -0.39 is 5.97 Å². The van der Waals surface area contributed by atoms with Crippen LogP contribution in [0.4, 0.5) is 5.82 Å². The van der Waals surface area contributed by atoms with E-state index >= 15 is 0 Å². The number of carbonyl (C=O) groups excluding carboxylic acids is 1. The smallest absolute Gasteiger partial charge is 0.304 e. The molecule has 0 unspecified atom stereocenters. The highest BCUT2D eigenvalue weighted by Crippen LogP contribution is 2.28. The number of nitrogens with one attached hydrogen (secondary N) is 1. The summed E-state index contributed by atoms with van der Waals surface area (Å²) in [7, 11) is 0. The fraction of sp³-hybridized carbons (Fsp3) is 0.438. The molecule has 0 spiro atoms. The molecule has 0 saturated carbocycles. The molecule has 2 aromatic rings. The highest BCUT2D eigenvalue weighted by Gasteiger charge is 2.21. The van der Waals surface area contributed by atoms with E-state index in [-0.39, 0.29) is 30.7 Å². The Labute approximate surface area is 139 Å². The van der Waals surface area contributed by atoms with E-state index in [4.69, 9.17) is 5.11 Å². The van der Waals surface area contributed by atoms with Crippen LogP contribution in [0.2, 0.25) is 0 Å². The Morgan fingerprint density at radius 1 is 1.39 bits per heavy atom. The van der Waals surface area contributed by atoms with Crippen LogP contribution in [0.1, 0.15) is 49.2 Å². The van der Waals surface area contributed by atoms with Gasteiger partial charge in [0, 0.05) is 29.3 Å². The molecule has 124 valence electrons. The first kappa shape index (κ1) is 17.2. The molecule has 0 aliphatic rings. The molecule has 0 saturated heterocycles. The molecule has 7 heteroatoms. The maximum absolute atomic E-state index is 12.3. The number of anilines is 1. The molecule has 0 aliphatic heterocycles. The number of amides is 1. The zero-order chi connectivity index (χ0) is 17.0. The fourth-order valence-electron chi connectivity index (χ4n) is 2.43. The molecule has 2 heterocycles. The third-order valence-electron chi connectivity index (χ3n) is 3.41. The van der Waals surface area contributed by atoms with Gasteiger partial charge in [-0.15, -0.1) is 11.3 Å². The van der Waals surface area contributed by atoms with Gasteiger partial charge in [0.25, 0.3) is 0 Å². The van der Waals surface area contributed by atoms with Crippen LogP contribution in [0.5, 0.6) is 0 Å². The summed E-state index contributed by atoms with van der Waals surface area (Å²) in [5.41, 5.74) is 0.828. The highest BCUT2D eigenvalue weighted by atomic mass is 32.1. The van der Waals surface area contributed by atoms with Crippen molar-refractivity contribution in [3.63, 3.8) is 0 Å². The second kappa shape index (κ2) is 7.41. The van der Waals surface area contributed by atoms with Gasteiger partial charge in [-0.1, -0.05) is 6.07 Å². The van der Waals surface area contributed by atoms with E-state index in [0.29, 0.717) is 5.82 Å². The maximum Gasteiger partial charge on any atom is 0.304 e. The topological polar surface area (TPSA) is 84.2 Å². The van der Waals surface area contributed by atoms with Crippen LogP contribution in [-0.4, -0.2) is 26.8 Å². The first-order valence-corrected chi connectivity index (χ1v) is 8.36. The maximum atomic E-state index is 12.3. The number of aromatic nitrogens is 2. The predicted molar refractivity (Wildman–Crippen MR) is 89.9 cm³/mol. The summed E-state index contributed by atoms with van der Waals surface area (Å²) in [5.74, 6) is -0.780. The van der Waals surface area contributed by atoms with Crippen LogP contribution >= 0.6 is 11.3 Å². The summed E-state index contributed by atoms with van der Waals surface area (Å²) in [6.45, 7) is 5.84. The summed E-state index contributed by atoms with van der Waals surface area (Å²) in [4.78, 5) is 24.3. The monoisotopic (exact) mass is 335 g/mol. The van der Waals surface area contributed by atoms with E-state index in [2.05, 4.69) is 10.4 Å². The highest BCUT2D eigenvalue weighted by molar-refractivity contribution is 7.10. The lowest BCUT2D eigenvalue weighted by molar-refractivity contribution is -0.137. The SMILES string of the molecule is Cc1cc(NC(=O)C[C@H](CC(=O)O)c2cccs2)n(C(C)C)n1. The quantitative estimate of drug-likeness (QED) is 0.812. The Morgan fingerprint density at radius 2 is 2.13 bits per heavy atom. The van der Waals surface area contributed by atoms with Gasteiger partial charge in [-0.3, -0.25) is 9.59 Å². The van der Waals surface area contributed by atoms with Crippen molar-refractivity contribution >= 4 is 29.0 Å². The summed E-state index contributed by atoms with van der Waals surface area (Å²) in [5, 5.41) is 18.2. The molecule has 1 amide bonds. The van der Waals surface area contributed by atoms with Gasteiger partial charge < -0.3 is 10.4 Å². The minimum absolute atomic E-state index is 0.0591. The van der Waals surface area contributed by atoms with Crippen molar-refractivity contribution < 1.29 is 14.7 Å². The second-order valence-electron chi connectivity index (χ2n) is 5.77. The van der Waals surface area contributed by atoms with Crippen molar-refractivity contribution in [1.82, 2.24) is 9.78 Å². The zero-order valence-electron chi connectivity index (χ0n) is 13.4. The standard InChI is InChI=1S/C16H21N3O3S/c1-10(2)19-14(7-11(3)18-19)17-15(20)8-12(9-16(21)22)13-5-4-6-23-13/h4-7,10,12H,8-9H2,1-3H3,(H,17,20)(H,21,22)/t12-/m1/s1. The van der Waals surface area contributed by atoms with Gasteiger partial charge in [0.1, 0.15) is 5.82 Å². The van der Waals surface area contributed by atoms with Crippen molar-refractivity contribution in [1.29, 1.82) is 0 Å². The number of hydrogen-bond donors (Lipinski definition) is 2. The summed E-state index contributed by atoms with van der Waals surface area (Å²) < 4.78 is 1.75. The van der Waals surface area contributed by atoms with Crippen LogP contribution in [0.15, 0.2) is 23.6 Å². The third kappa shape index (κ3) is 4.66. The van der Waals surface area contributed by atoms with Crippen LogP contribution in [0.3, 0.4) is 0 Å². The molecule has 0 aliphatic carbocycles. The molecule has 2 aromatic heterocycles. The molecule has 1 atom stereocenters. The van der Waals surface area contributed by atoms with Crippen molar-refractivity contribution in [2.45, 2.75) is 45.6 Å². The van der Waals surface area contributed by atoms with Gasteiger partial charge in [0.2, 0.25) is 5.91 Å². The van der Waals surface area contributed by atoms with E-state index in [1.807, 2.05) is 44.4 Å². The van der Waals surface area contributed by atoms with Gasteiger partial charge in [-0.05, 0) is 32.2 Å². The van der Waals surface area contributed by atoms with Crippen LogP contribution < -0.4 is 5.32 Å². The Morgan fingerprint density at radius 3 is 2.70 bits per heavy atom. The van der Waals surface area contributed by atoms with Crippen LogP contribution in [-0.2, 0) is 9.59 Å². The van der Waals surface area contributed by atoms with Crippen molar-refractivity contribution in [2.24, 2.45) is 0 Å². The third-order valence-corrected chi connectivity index (χ3v) is 4.45. The zero-order valence-corrected chi connectivity index (χ0v) is 14.3. The first-order valence-electron chi connectivity index (χ1n) is 7.48. The van der Waals surface area contributed by atoms with Crippen molar-refractivity contribution in [3.05, 3.63) is 34.2 Å². The number of hydrogen-bond acceptors (Lipinski definition) is 4. The first-order chi connectivity index (χ1) is 10.9. The molecule has 0 radical (unpaired) electrons. The normalized spacial score (nSPS) is 12.3. The number of aryl methyl sites for hydroxylation is 1. The number of carbonyl (C=O) groups is 2. The molecular formula is C16H21N3O3S. The lowest BCUT2D eigenvalue weighted by atomic mass is 9.99.